The monoisotopic (exact) mass is 247 g/mol. The van der Waals surface area contributed by atoms with Crippen LogP contribution < -0.4 is 0 Å². The maximum atomic E-state index is 11.1. The van der Waals surface area contributed by atoms with Crippen molar-refractivity contribution >= 4 is 5.97 Å². The molecule has 1 N–H and O–H groups in total. The van der Waals surface area contributed by atoms with E-state index >= 15 is 0 Å². The number of hydrogen-bond acceptors (Lipinski definition) is 2. The standard InChI is InChI=1S/C15H21NO2/c1-2-10-16(13-8-9-13)14(11-15(17)18)12-6-4-3-5-7-12/h3-7,13-14H,2,8-11H2,1H3,(H,17,18). The van der Waals surface area contributed by atoms with Crippen LogP contribution in [-0.2, 0) is 4.79 Å². The number of aliphatic carboxylic acids is 1. The second kappa shape index (κ2) is 6.01. The molecule has 0 radical (unpaired) electrons. The van der Waals surface area contributed by atoms with E-state index in [1.807, 2.05) is 30.3 Å². The molecule has 1 unspecified atom stereocenters. The highest BCUT2D eigenvalue weighted by Gasteiger charge is 2.34. The maximum absolute atomic E-state index is 11.1. The molecule has 1 atom stereocenters. The van der Waals surface area contributed by atoms with Gasteiger partial charge in [-0.05, 0) is 31.4 Å². The summed E-state index contributed by atoms with van der Waals surface area (Å²) in [6, 6.07) is 10.6. The van der Waals surface area contributed by atoms with Crippen LogP contribution >= 0.6 is 0 Å². The molecular formula is C15H21NO2. The van der Waals surface area contributed by atoms with Crippen molar-refractivity contribution in [2.45, 2.75) is 44.7 Å². The molecule has 3 nitrogen and oxygen atoms in total. The first-order valence-electron chi connectivity index (χ1n) is 6.75. The second-order valence-electron chi connectivity index (χ2n) is 4.99. The zero-order chi connectivity index (χ0) is 13.0. The molecule has 2 rings (SSSR count). The fourth-order valence-corrected chi connectivity index (χ4v) is 2.52. The third kappa shape index (κ3) is 3.33. The van der Waals surface area contributed by atoms with Gasteiger partial charge in [0.05, 0.1) is 6.42 Å². The van der Waals surface area contributed by atoms with Crippen molar-refractivity contribution in [1.82, 2.24) is 4.90 Å². The van der Waals surface area contributed by atoms with E-state index in [-0.39, 0.29) is 12.5 Å². The van der Waals surface area contributed by atoms with Gasteiger partial charge in [-0.2, -0.15) is 0 Å². The van der Waals surface area contributed by atoms with Gasteiger partial charge in [0.25, 0.3) is 0 Å². The van der Waals surface area contributed by atoms with Crippen molar-refractivity contribution in [3.05, 3.63) is 35.9 Å². The zero-order valence-corrected chi connectivity index (χ0v) is 10.9. The second-order valence-corrected chi connectivity index (χ2v) is 4.99. The summed E-state index contributed by atoms with van der Waals surface area (Å²) < 4.78 is 0. The Balaban J connectivity index is 2.20. The van der Waals surface area contributed by atoms with Gasteiger partial charge in [0.15, 0.2) is 0 Å². The van der Waals surface area contributed by atoms with Gasteiger partial charge in [-0.3, -0.25) is 9.69 Å². The van der Waals surface area contributed by atoms with Crippen molar-refractivity contribution in [2.75, 3.05) is 6.54 Å². The van der Waals surface area contributed by atoms with Crippen LogP contribution in [0.3, 0.4) is 0 Å². The minimum Gasteiger partial charge on any atom is -0.481 e. The van der Waals surface area contributed by atoms with Gasteiger partial charge in [0.1, 0.15) is 0 Å². The molecule has 1 aliphatic rings. The Morgan fingerprint density at radius 1 is 1.39 bits per heavy atom. The fourth-order valence-electron chi connectivity index (χ4n) is 2.52. The van der Waals surface area contributed by atoms with Crippen LogP contribution in [0.2, 0.25) is 0 Å². The Bertz CT molecular complexity index is 387. The van der Waals surface area contributed by atoms with Gasteiger partial charge < -0.3 is 5.11 Å². The van der Waals surface area contributed by atoms with E-state index in [4.69, 9.17) is 5.11 Å². The smallest absolute Gasteiger partial charge is 0.305 e. The van der Waals surface area contributed by atoms with Crippen LogP contribution in [-0.4, -0.2) is 28.6 Å². The lowest BCUT2D eigenvalue weighted by atomic mass is 10.0. The fraction of sp³-hybridized carbons (Fsp3) is 0.533. The minimum atomic E-state index is -0.717. The summed E-state index contributed by atoms with van der Waals surface area (Å²) in [5.74, 6) is -0.717. The maximum Gasteiger partial charge on any atom is 0.305 e. The average Bonchev–Trinajstić information content (AvgIpc) is 3.18. The van der Waals surface area contributed by atoms with Gasteiger partial charge in [-0.1, -0.05) is 37.3 Å². The number of nitrogens with zero attached hydrogens (tertiary/aromatic N) is 1. The molecule has 1 aromatic rings. The largest absolute Gasteiger partial charge is 0.481 e. The first kappa shape index (κ1) is 13.1. The Kier molecular flexibility index (Phi) is 4.37. The zero-order valence-electron chi connectivity index (χ0n) is 10.9. The minimum absolute atomic E-state index is 0.0242. The number of carboxylic acid groups (broad SMARTS) is 1. The van der Waals surface area contributed by atoms with Crippen LogP contribution in [0.5, 0.6) is 0 Å². The lowest BCUT2D eigenvalue weighted by molar-refractivity contribution is -0.138. The van der Waals surface area contributed by atoms with Crippen LogP contribution in [0.15, 0.2) is 30.3 Å². The SMILES string of the molecule is CCCN(C1CC1)C(CC(=O)O)c1ccccc1. The third-order valence-electron chi connectivity index (χ3n) is 3.45. The van der Waals surface area contributed by atoms with E-state index in [9.17, 15) is 4.79 Å². The Hall–Kier alpha value is -1.35. The predicted octanol–water partition coefficient (Wildman–Crippen LogP) is 3.08. The third-order valence-corrected chi connectivity index (χ3v) is 3.45. The first-order valence-corrected chi connectivity index (χ1v) is 6.75. The van der Waals surface area contributed by atoms with Gasteiger partial charge in [0.2, 0.25) is 0 Å². The molecule has 1 aliphatic carbocycles. The molecule has 98 valence electrons. The highest BCUT2D eigenvalue weighted by Crippen LogP contribution is 2.36. The molecular weight excluding hydrogens is 226 g/mol. The van der Waals surface area contributed by atoms with Crippen molar-refractivity contribution < 1.29 is 9.90 Å². The van der Waals surface area contributed by atoms with Gasteiger partial charge in [-0.15, -0.1) is 0 Å². The van der Waals surface area contributed by atoms with Crippen molar-refractivity contribution in [3.63, 3.8) is 0 Å². The normalized spacial score (nSPS) is 16.8. The molecule has 3 heteroatoms. The summed E-state index contributed by atoms with van der Waals surface area (Å²) in [5.41, 5.74) is 1.13. The summed E-state index contributed by atoms with van der Waals surface area (Å²) in [4.78, 5) is 13.5. The van der Waals surface area contributed by atoms with Gasteiger partial charge in [0, 0.05) is 12.1 Å². The first-order chi connectivity index (χ1) is 8.72. The van der Waals surface area contributed by atoms with E-state index in [0.717, 1.165) is 18.5 Å². The van der Waals surface area contributed by atoms with E-state index in [2.05, 4.69) is 11.8 Å². The molecule has 0 aliphatic heterocycles. The Morgan fingerprint density at radius 3 is 2.56 bits per heavy atom. The molecule has 1 aromatic carbocycles. The van der Waals surface area contributed by atoms with Crippen molar-refractivity contribution in [3.8, 4) is 0 Å². The molecule has 18 heavy (non-hydrogen) atoms. The van der Waals surface area contributed by atoms with E-state index in [0.29, 0.717) is 6.04 Å². The topological polar surface area (TPSA) is 40.5 Å². The Morgan fingerprint density at radius 2 is 2.06 bits per heavy atom. The molecule has 0 aromatic heterocycles. The van der Waals surface area contributed by atoms with Gasteiger partial charge >= 0.3 is 5.97 Å². The molecule has 0 heterocycles. The van der Waals surface area contributed by atoms with Crippen LogP contribution in [0.1, 0.15) is 44.2 Å². The van der Waals surface area contributed by atoms with Crippen molar-refractivity contribution in [2.24, 2.45) is 0 Å². The molecule has 0 amide bonds. The van der Waals surface area contributed by atoms with Crippen LogP contribution in [0, 0.1) is 0 Å². The van der Waals surface area contributed by atoms with E-state index in [1.54, 1.807) is 0 Å². The average molecular weight is 247 g/mol. The quantitative estimate of drug-likeness (QED) is 0.805. The van der Waals surface area contributed by atoms with Crippen molar-refractivity contribution in [1.29, 1.82) is 0 Å². The molecule has 1 saturated carbocycles. The van der Waals surface area contributed by atoms with Crippen LogP contribution in [0.4, 0.5) is 0 Å². The number of benzene rings is 1. The number of rotatable bonds is 7. The molecule has 0 bridgehead atoms. The number of carbonyl (C=O) groups is 1. The number of hydrogen-bond donors (Lipinski definition) is 1. The summed E-state index contributed by atoms with van der Waals surface area (Å²) in [6.45, 7) is 3.13. The summed E-state index contributed by atoms with van der Waals surface area (Å²) >= 11 is 0. The van der Waals surface area contributed by atoms with E-state index in [1.165, 1.54) is 12.8 Å². The summed E-state index contributed by atoms with van der Waals surface area (Å²) in [5, 5.41) is 9.14. The summed E-state index contributed by atoms with van der Waals surface area (Å²) in [6.07, 6.45) is 3.69. The summed E-state index contributed by atoms with van der Waals surface area (Å²) in [7, 11) is 0. The highest BCUT2D eigenvalue weighted by molar-refractivity contribution is 5.68. The lowest BCUT2D eigenvalue weighted by Gasteiger charge is -2.31. The highest BCUT2D eigenvalue weighted by atomic mass is 16.4. The molecule has 0 spiro atoms. The van der Waals surface area contributed by atoms with Crippen LogP contribution in [0.25, 0.3) is 0 Å². The molecule has 0 saturated heterocycles. The molecule has 1 fully saturated rings. The lowest BCUT2D eigenvalue weighted by Crippen LogP contribution is -2.33. The van der Waals surface area contributed by atoms with Gasteiger partial charge in [-0.25, -0.2) is 0 Å². The van der Waals surface area contributed by atoms with E-state index < -0.39 is 5.97 Å². The predicted molar refractivity (Wildman–Crippen MR) is 71.5 cm³/mol. The number of carboxylic acids is 1. The Labute approximate surface area is 108 Å².